The van der Waals surface area contributed by atoms with Crippen molar-refractivity contribution in [2.24, 2.45) is 0 Å². The molecule has 16 heavy (non-hydrogen) atoms. The van der Waals surface area contributed by atoms with E-state index < -0.39 is 0 Å². The first kappa shape index (κ1) is 11.6. The second-order valence-electron chi connectivity index (χ2n) is 3.38. The molecular formula is C12H12BrNOS. The fraction of sp³-hybridized carbons (Fsp3) is 0.250. The van der Waals surface area contributed by atoms with Gasteiger partial charge in [0.15, 0.2) is 0 Å². The third-order valence-corrected chi connectivity index (χ3v) is 4.42. The zero-order valence-electron chi connectivity index (χ0n) is 8.89. The highest BCUT2D eigenvalue weighted by molar-refractivity contribution is 9.09. The van der Waals surface area contributed by atoms with E-state index in [-0.39, 0.29) is 0 Å². The second-order valence-corrected chi connectivity index (χ2v) is 5.43. The van der Waals surface area contributed by atoms with Crippen molar-refractivity contribution < 1.29 is 4.74 Å². The monoisotopic (exact) mass is 297 g/mol. The van der Waals surface area contributed by atoms with Crippen LogP contribution in [0.25, 0.3) is 0 Å². The molecule has 0 aliphatic carbocycles. The predicted octanol–water partition coefficient (Wildman–Crippen LogP) is 3.83. The van der Waals surface area contributed by atoms with E-state index >= 15 is 0 Å². The minimum atomic E-state index is 0.296. The first-order valence-electron chi connectivity index (χ1n) is 4.95. The molecule has 0 spiro atoms. The van der Waals surface area contributed by atoms with Gasteiger partial charge in [-0.15, -0.1) is 11.3 Å². The molecule has 2 aromatic heterocycles. The number of nitrogens with zero attached hydrogens (tertiary/aromatic N) is 1. The molecule has 0 aliphatic rings. The van der Waals surface area contributed by atoms with Gasteiger partial charge in [0.2, 0.25) is 0 Å². The summed E-state index contributed by atoms with van der Waals surface area (Å²) >= 11 is 5.42. The van der Waals surface area contributed by atoms with Crippen LogP contribution >= 0.6 is 27.3 Å². The molecule has 2 rings (SSSR count). The highest BCUT2D eigenvalue weighted by Gasteiger charge is 2.14. The van der Waals surface area contributed by atoms with Crippen LogP contribution in [0.2, 0.25) is 0 Å². The standard InChI is InChI=1S/C12H12BrNOS/c1-15-11-4-7-16-12(11)10(13)8-9-2-5-14-6-3-9/h2-7,10H,8H2,1H3. The number of methoxy groups -OCH3 is 1. The van der Waals surface area contributed by atoms with Gasteiger partial charge in [-0.2, -0.15) is 0 Å². The summed E-state index contributed by atoms with van der Waals surface area (Å²) in [5, 5.41) is 2.05. The van der Waals surface area contributed by atoms with Crippen molar-refractivity contribution >= 4 is 27.3 Å². The molecule has 0 fully saturated rings. The molecule has 84 valence electrons. The number of alkyl halides is 1. The second kappa shape index (κ2) is 5.46. The molecule has 0 aromatic carbocycles. The molecule has 2 nitrogen and oxygen atoms in total. The van der Waals surface area contributed by atoms with E-state index in [1.807, 2.05) is 30.6 Å². The molecule has 1 atom stereocenters. The molecule has 0 bridgehead atoms. The molecular weight excluding hydrogens is 286 g/mol. The van der Waals surface area contributed by atoms with Gasteiger partial charge in [-0.25, -0.2) is 0 Å². The van der Waals surface area contributed by atoms with E-state index in [1.54, 1.807) is 18.4 Å². The van der Waals surface area contributed by atoms with Crippen molar-refractivity contribution in [1.29, 1.82) is 0 Å². The number of aromatic nitrogens is 1. The highest BCUT2D eigenvalue weighted by Crippen LogP contribution is 2.37. The number of hydrogen-bond donors (Lipinski definition) is 0. The maximum Gasteiger partial charge on any atom is 0.133 e. The Balaban J connectivity index is 2.11. The zero-order chi connectivity index (χ0) is 11.4. The van der Waals surface area contributed by atoms with Crippen molar-refractivity contribution in [3.05, 3.63) is 46.4 Å². The van der Waals surface area contributed by atoms with Gasteiger partial charge in [-0.05, 0) is 35.6 Å². The molecule has 0 amide bonds. The number of hydrogen-bond acceptors (Lipinski definition) is 3. The summed E-state index contributed by atoms with van der Waals surface area (Å²) in [6.45, 7) is 0. The SMILES string of the molecule is COc1ccsc1C(Br)Cc1ccncc1. The minimum Gasteiger partial charge on any atom is -0.496 e. The summed E-state index contributed by atoms with van der Waals surface area (Å²) in [7, 11) is 1.71. The number of thiophene rings is 1. The largest absolute Gasteiger partial charge is 0.496 e. The van der Waals surface area contributed by atoms with E-state index in [0.717, 1.165) is 12.2 Å². The molecule has 0 aliphatic heterocycles. The third kappa shape index (κ3) is 2.62. The van der Waals surface area contributed by atoms with Gasteiger partial charge >= 0.3 is 0 Å². The van der Waals surface area contributed by atoms with Crippen LogP contribution in [0.15, 0.2) is 36.0 Å². The third-order valence-electron chi connectivity index (χ3n) is 2.33. The topological polar surface area (TPSA) is 22.1 Å². The molecule has 0 saturated carbocycles. The normalized spacial score (nSPS) is 12.4. The van der Waals surface area contributed by atoms with E-state index in [4.69, 9.17) is 4.74 Å². The van der Waals surface area contributed by atoms with E-state index in [0.29, 0.717) is 4.83 Å². The van der Waals surface area contributed by atoms with Gasteiger partial charge in [-0.1, -0.05) is 15.9 Å². The molecule has 2 aromatic rings. The molecule has 0 saturated heterocycles. The van der Waals surface area contributed by atoms with Crippen LogP contribution < -0.4 is 4.74 Å². The van der Waals surface area contributed by atoms with E-state index in [9.17, 15) is 0 Å². The first-order chi connectivity index (χ1) is 7.81. The number of ether oxygens (including phenoxy) is 1. The quantitative estimate of drug-likeness (QED) is 0.800. The average Bonchev–Trinajstić information content (AvgIpc) is 2.78. The molecule has 4 heteroatoms. The summed E-state index contributed by atoms with van der Waals surface area (Å²) in [5.41, 5.74) is 1.27. The Labute approximate surface area is 107 Å². The Morgan fingerprint density at radius 1 is 1.38 bits per heavy atom. The van der Waals surface area contributed by atoms with Crippen LogP contribution in [0.3, 0.4) is 0 Å². The lowest BCUT2D eigenvalue weighted by Gasteiger charge is -2.09. The Morgan fingerprint density at radius 2 is 2.12 bits per heavy atom. The maximum atomic E-state index is 5.31. The van der Waals surface area contributed by atoms with Crippen LogP contribution in [-0.4, -0.2) is 12.1 Å². The smallest absolute Gasteiger partial charge is 0.133 e. The van der Waals surface area contributed by atoms with Crippen molar-refractivity contribution in [3.8, 4) is 5.75 Å². The fourth-order valence-corrected chi connectivity index (χ4v) is 3.28. The molecule has 0 radical (unpaired) electrons. The Morgan fingerprint density at radius 3 is 2.81 bits per heavy atom. The molecule has 2 heterocycles. The summed E-state index contributed by atoms with van der Waals surface area (Å²) < 4.78 is 5.31. The van der Waals surface area contributed by atoms with Crippen LogP contribution in [0, 0.1) is 0 Å². The van der Waals surface area contributed by atoms with Gasteiger partial charge < -0.3 is 4.74 Å². The Kier molecular flexibility index (Phi) is 3.96. The van der Waals surface area contributed by atoms with Crippen LogP contribution in [0.4, 0.5) is 0 Å². The molecule has 0 N–H and O–H groups in total. The van der Waals surface area contributed by atoms with E-state index in [2.05, 4.69) is 26.3 Å². The number of halogens is 1. The summed E-state index contributed by atoms with van der Waals surface area (Å²) in [5.74, 6) is 0.959. The maximum absolute atomic E-state index is 5.31. The van der Waals surface area contributed by atoms with Crippen LogP contribution in [-0.2, 0) is 6.42 Å². The summed E-state index contributed by atoms with van der Waals surface area (Å²) in [6, 6.07) is 6.07. The van der Waals surface area contributed by atoms with Crippen molar-refractivity contribution in [2.45, 2.75) is 11.2 Å². The first-order valence-corrected chi connectivity index (χ1v) is 6.75. The lowest BCUT2D eigenvalue weighted by Crippen LogP contribution is -1.95. The fourth-order valence-electron chi connectivity index (χ4n) is 1.52. The van der Waals surface area contributed by atoms with Crippen LogP contribution in [0.1, 0.15) is 15.3 Å². The summed E-state index contributed by atoms with van der Waals surface area (Å²) in [4.78, 5) is 5.54. The van der Waals surface area contributed by atoms with Crippen molar-refractivity contribution in [1.82, 2.24) is 4.98 Å². The number of rotatable bonds is 4. The average molecular weight is 298 g/mol. The van der Waals surface area contributed by atoms with Gasteiger partial charge in [-0.3, -0.25) is 4.98 Å². The predicted molar refractivity (Wildman–Crippen MR) is 70.5 cm³/mol. The van der Waals surface area contributed by atoms with Gasteiger partial charge in [0.1, 0.15) is 5.75 Å². The lowest BCUT2D eigenvalue weighted by atomic mass is 10.1. The molecule has 1 unspecified atom stereocenters. The Hall–Kier alpha value is -0.870. The van der Waals surface area contributed by atoms with E-state index in [1.165, 1.54) is 10.4 Å². The Bertz CT molecular complexity index is 443. The highest BCUT2D eigenvalue weighted by atomic mass is 79.9. The lowest BCUT2D eigenvalue weighted by molar-refractivity contribution is 0.412. The van der Waals surface area contributed by atoms with Gasteiger partial charge in [0.25, 0.3) is 0 Å². The van der Waals surface area contributed by atoms with Crippen molar-refractivity contribution in [3.63, 3.8) is 0 Å². The van der Waals surface area contributed by atoms with Crippen LogP contribution in [0.5, 0.6) is 5.75 Å². The minimum absolute atomic E-state index is 0.296. The zero-order valence-corrected chi connectivity index (χ0v) is 11.3. The summed E-state index contributed by atoms with van der Waals surface area (Å²) in [6.07, 6.45) is 4.58. The van der Waals surface area contributed by atoms with Gasteiger partial charge in [0.05, 0.1) is 16.8 Å². The van der Waals surface area contributed by atoms with Gasteiger partial charge in [0, 0.05) is 12.4 Å². The number of pyridine rings is 1. The van der Waals surface area contributed by atoms with Crippen molar-refractivity contribution in [2.75, 3.05) is 7.11 Å².